The lowest BCUT2D eigenvalue weighted by atomic mass is 10.0. The summed E-state index contributed by atoms with van der Waals surface area (Å²) in [6, 6.07) is 15.1. The van der Waals surface area contributed by atoms with E-state index in [4.69, 9.17) is 0 Å². The van der Waals surface area contributed by atoms with Gasteiger partial charge in [-0.05, 0) is 57.0 Å². The summed E-state index contributed by atoms with van der Waals surface area (Å²) in [5.74, 6) is 0.781. The van der Waals surface area contributed by atoms with Gasteiger partial charge in [-0.15, -0.1) is 0 Å². The molecule has 2 N–H and O–H groups in total. The maximum Gasteiger partial charge on any atom is 0.413 e. The van der Waals surface area contributed by atoms with Crippen LogP contribution in [0.2, 0.25) is 0 Å². The van der Waals surface area contributed by atoms with Gasteiger partial charge in [0.2, 0.25) is 0 Å². The molecule has 1 amide bonds. The van der Waals surface area contributed by atoms with Crippen LogP contribution in [0.15, 0.2) is 53.0 Å². The Morgan fingerprint density at radius 2 is 1.74 bits per heavy atom. The molecule has 2 saturated heterocycles. The number of thiazole rings is 1. The molecule has 2 fully saturated rings. The highest BCUT2D eigenvalue weighted by Gasteiger charge is 2.32. The van der Waals surface area contributed by atoms with E-state index < -0.39 is 16.1 Å². The average Bonchev–Trinajstić information content (AvgIpc) is 3.71. The molecule has 2 aliphatic rings. The molecular weight excluding hydrogens is 625 g/mol. The van der Waals surface area contributed by atoms with Crippen LogP contribution in [0.25, 0.3) is 22.0 Å². The molecule has 2 aliphatic heterocycles. The standard InChI is InChI=1S/C32H40N8O4S2/c1-22(19-39-15-17-40(18-16-39)46(42,43)30-23(2)36-31(45-30)37-32(41)44-3)35-29-27-8-6-7-26(28(27)33-21-34-29)25-11-9-24(10-12-25)20-38-13-4-5-14-38/h6-12,21-22H,4-5,13-20H2,1-3H3,(H,33,34,35)(H,36,37,41)/t22-/m0/s1. The third-order valence-corrected chi connectivity index (χ3v) is 12.1. The number of para-hydroxylation sites is 1. The minimum atomic E-state index is -3.74. The normalized spacial score (nSPS) is 17.3. The molecule has 0 saturated carbocycles. The number of carbonyl (C=O) groups excluding carboxylic acids is 1. The minimum Gasteiger partial charge on any atom is -0.453 e. The lowest BCUT2D eigenvalue weighted by Crippen LogP contribution is -2.50. The second kappa shape index (κ2) is 14.0. The van der Waals surface area contributed by atoms with Gasteiger partial charge >= 0.3 is 6.09 Å². The van der Waals surface area contributed by atoms with Gasteiger partial charge in [-0.3, -0.25) is 15.1 Å². The number of hydrogen-bond donors (Lipinski definition) is 2. The van der Waals surface area contributed by atoms with Crippen molar-refractivity contribution in [3.8, 4) is 11.1 Å². The molecule has 0 bridgehead atoms. The van der Waals surface area contributed by atoms with Crippen LogP contribution >= 0.6 is 11.3 Å². The summed E-state index contributed by atoms with van der Waals surface area (Å²) in [6.07, 6.45) is 3.50. The third-order valence-electron chi connectivity index (χ3n) is 8.50. The lowest BCUT2D eigenvalue weighted by molar-refractivity contribution is 0.184. The maximum absolute atomic E-state index is 13.4. The molecule has 14 heteroatoms. The van der Waals surface area contributed by atoms with Gasteiger partial charge < -0.3 is 10.1 Å². The van der Waals surface area contributed by atoms with Crippen molar-refractivity contribution < 1.29 is 17.9 Å². The zero-order valence-electron chi connectivity index (χ0n) is 26.4. The van der Waals surface area contributed by atoms with Crippen LogP contribution in [0.1, 0.15) is 31.0 Å². The SMILES string of the molecule is COC(=O)Nc1nc(C)c(S(=O)(=O)N2CCN(C[C@H](C)Nc3ncnc4c(-c5ccc(CN6CCCC6)cc5)cccc34)CC2)s1. The number of benzene rings is 2. The number of amides is 1. The first-order chi connectivity index (χ1) is 22.2. The number of methoxy groups -OCH3 is 1. The zero-order chi connectivity index (χ0) is 32.3. The van der Waals surface area contributed by atoms with Crippen molar-refractivity contribution in [2.75, 3.05) is 63.6 Å². The van der Waals surface area contributed by atoms with Gasteiger partial charge in [0.25, 0.3) is 10.0 Å². The number of ether oxygens (including phenoxy) is 1. The van der Waals surface area contributed by atoms with Gasteiger partial charge in [-0.1, -0.05) is 47.7 Å². The predicted molar refractivity (Wildman–Crippen MR) is 181 cm³/mol. The van der Waals surface area contributed by atoms with E-state index >= 15 is 0 Å². The third kappa shape index (κ3) is 7.15. The summed E-state index contributed by atoms with van der Waals surface area (Å²) in [4.78, 5) is 29.7. The van der Waals surface area contributed by atoms with Crippen LogP contribution in [-0.2, 0) is 21.3 Å². The molecule has 4 aromatic rings. The number of nitrogens with one attached hydrogen (secondary N) is 2. The first-order valence-corrected chi connectivity index (χ1v) is 17.8. The van der Waals surface area contributed by atoms with Crippen molar-refractivity contribution in [2.45, 2.75) is 43.5 Å². The van der Waals surface area contributed by atoms with Crippen LogP contribution in [-0.4, -0.2) is 103 Å². The Morgan fingerprint density at radius 1 is 1.00 bits per heavy atom. The number of rotatable bonds is 10. The van der Waals surface area contributed by atoms with E-state index in [1.807, 2.05) is 12.1 Å². The van der Waals surface area contributed by atoms with E-state index in [0.29, 0.717) is 31.9 Å². The molecule has 4 heterocycles. The Kier molecular flexibility index (Phi) is 9.80. The van der Waals surface area contributed by atoms with Crippen LogP contribution in [0, 0.1) is 6.92 Å². The van der Waals surface area contributed by atoms with Crippen molar-refractivity contribution in [3.05, 3.63) is 60.0 Å². The number of fused-ring (bicyclic) bond motifs is 1. The van der Waals surface area contributed by atoms with Gasteiger partial charge in [0.1, 0.15) is 12.1 Å². The van der Waals surface area contributed by atoms with Crippen molar-refractivity contribution in [2.24, 2.45) is 0 Å². The Morgan fingerprint density at radius 3 is 2.46 bits per heavy atom. The van der Waals surface area contributed by atoms with Crippen LogP contribution < -0.4 is 10.6 Å². The first kappa shape index (κ1) is 32.3. The van der Waals surface area contributed by atoms with Gasteiger partial charge in [0, 0.05) is 56.3 Å². The molecule has 6 rings (SSSR count). The van der Waals surface area contributed by atoms with Crippen molar-refractivity contribution in [1.29, 1.82) is 0 Å². The fourth-order valence-corrected chi connectivity index (χ4v) is 9.13. The van der Waals surface area contributed by atoms with Crippen LogP contribution in [0.5, 0.6) is 0 Å². The van der Waals surface area contributed by atoms with Crippen molar-refractivity contribution >= 4 is 49.3 Å². The fraction of sp³-hybridized carbons (Fsp3) is 0.438. The van der Waals surface area contributed by atoms with Gasteiger partial charge in [0.05, 0.1) is 18.3 Å². The summed E-state index contributed by atoms with van der Waals surface area (Å²) < 4.78 is 33.0. The molecule has 2 aromatic carbocycles. The second-order valence-corrected chi connectivity index (χ2v) is 15.0. The minimum absolute atomic E-state index is 0.0606. The number of hydrogen-bond acceptors (Lipinski definition) is 11. The quantitative estimate of drug-likeness (QED) is 0.247. The lowest BCUT2D eigenvalue weighted by Gasteiger charge is -2.35. The second-order valence-electron chi connectivity index (χ2n) is 11.9. The molecule has 0 aliphatic carbocycles. The van der Waals surface area contributed by atoms with Crippen LogP contribution in [0.4, 0.5) is 15.7 Å². The highest BCUT2D eigenvalue weighted by atomic mass is 32.2. The van der Waals surface area contributed by atoms with Gasteiger partial charge in [0.15, 0.2) is 9.34 Å². The number of carbonyl (C=O) groups is 1. The van der Waals surface area contributed by atoms with Gasteiger partial charge in [-0.2, -0.15) is 4.31 Å². The maximum atomic E-state index is 13.4. The Hall–Kier alpha value is -3.69. The molecule has 0 spiro atoms. The highest BCUT2D eigenvalue weighted by molar-refractivity contribution is 7.91. The largest absolute Gasteiger partial charge is 0.453 e. The van der Waals surface area contributed by atoms with E-state index in [2.05, 4.69) is 77.4 Å². The molecule has 0 radical (unpaired) electrons. The molecular formula is C32H40N8O4S2. The number of piperazine rings is 1. The highest BCUT2D eigenvalue weighted by Crippen LogP contribution is 2.32. The number of aromatic nitrogens is 3. The van der Waals surface area contributed by atoms with E-state index in [0.717, 1.165) is 52.3 Å². The van der Waals surface area contributed by atoms with Crippen molar-refractivity contribution in [1.82, 2.24) is 29.1 Å². The van der Waals surface area contributed by atoms with E-state index in [9.17, 15) is 13.2 Å². The molecule has 46 heavy (non-hydrogen) atoms. The summed E-state index contributed by atoms with van der Waals surface area (Å²) in [5, 5.41) is 7.18. The van der Waals surface area contributed by atoms with Gasteiger partial charge in [-0.25, -0.2) is 28.2 Å². The number of sulfonamides is 1. The molecule has 12 nitrogen and oxygen atoms in total. The molecule has 244 valence electrons. The number of aryl methyl sites for hydroxylation is 1. The zero-order valence-corrected chi connectivity index (χ0v) is 28.0. The smallest absolute Gasteiger partial charge is 0.413 e. The summed E-state index contributed by atoms with van der Waals surface area (Å²) in [6.45, 7) is 9.74. The number of nitrogens with zero attached hydrogens (tertiary/aromatic N) is 6. The van der Waals surface area contributed by atoms with Crippen LogP contribution in [0.3, 0.4) is 0 Å². The molecule has 1 atom stereocenters. The van der Waals surface area contributed by atoms with E-state index in [1.54, 1.807) is 13.3 Å². The monoisotopic (exact) mass is 664 g/mol. The predicted octanol–water partition coefficient (Wildman–Crippen LogP) is 4.64. The summed E-state index contributed by atoms with van der Waals surface area (Å²) in [5.41, 5.74) is 4.79. The Labute approximate surface area is 273 Å². The molecule has 0 unspecified atom stereocenters. The van der Waals surface area contributed by atoms with E-state index in [-0.39, 0.29) is 15.4 Å². The Bertz CT molecular complexity index is 1780. The fourth-order valence-electron chi connectivity index (χ4n) is 6.17. The Balaban J connectivity index is 1.07. The average molecular weight is 665 g/mol. The van der Waals surface area contributed by atoms with Crippen molar-refractivity contribution in [3.63, 3.8) is 0 Å². The number of likely N-dealkylation sites (tertiary alicyclic amines) is 1. The van der Waals surface area contributed by atoms with E-state index in [1.165, 1.54) is 42.9 Å². The first-order valence-electron chi connectivity index (χ1n) is 15.6. The summed E-state index contributed by atoms with van der Waals surface area (Å²) >= 11 is 0.933. The topological polar surface area (TPSA) is 133 Å². The number of anilines is 2. The molecule has 2 aromatic heterocycles. The summed E-state index contributed by atoms with van der Waals surface area (Å²) in [7, 11) is -2.50.